The fourth-order valence-corrected chi connectivity index (χ4v) is 2.85. The van der Waals surface area contributed by atoms with Crippen molar-refractivity contribution >= 4 is 23.9 Å². The topological polar surface area (TPSA) is 149 Å². The van der Waals surface area contributed by atoms with Gasteiger partial charge in [-0.2, -0.15) is 26.3 Å². The van der Waals surface area contributed by atoms with Crippen molar-refractivity contribution < 1.29 is 65.9 Å². The minimum absolute atomic E-state index is 0.0410. The summed E-state index contributed by atoms with van der Waals surface area (Å²) < 4.78 is 79.2. The lowest BCUT2D eigenvalue weighted by atomic mass is 9.86. The second kappa shape index (κ2) is 7.86. The molecule has 0 amide bonds. The van der Waals surface area contributed by atoms with Crippen LogP contribution in [0.25, 0.3) is 11.1 Å². The summed E-state index contributed by atoms with van der Waals surface area (Å²) in [5, 5.41) is 37.3. The molecular weight excluding hydrogens is 458 g/mol. The fraction of sp³-hybridized carbons (Fsp3) is 0.111. The summed E-state index contributed by atoms with van der Waals surface area (Å²) in [7, 11) is 0. The third kappa shape index (κ3) is 4.48. The molecule has 0 heterocycles. The van der Waals surface area contributed by atoms with Gasteiger partial charge in [0.2, 0.25) is 0 Å². The Morgan fingerprint density at radius 2 is 0.906 bits per heavy atom. The number of carboxylic acid groups (broad SMARTS) is 4. The first-order valence-electron chi connectivity index (χ1n) is 7.90. The van der Waals surface area contributed by atoms with Gasteiger partial charge >= 0.3 is 36.2 Å². The molecule has 32 heavy (non-hydrogen) atoms. The van der Waals surface area contributed by atoms with Crippen LogP contribution in [0.1, 0.15) is 52.6 Å². The smallest absolute Gasteiger partial charge is 0.416 e. The lowest BCUT2D eigenvalue weighted by Gasteiger charge is -2.19. The van der Waals surface area contributed by atoms with Crippen molar-refractivity contribution in [2.45, 2.75) is 12.4 Å². The fourth-order valence-electron chi connectivity index (χ4n) is 2.85. The SMILES string of the molecule is O=C(O)c1cc(C(=O)O)c(C(=O)O)c(-c2cc(C(F)(F)F)cc(C(F)(F)F)c2)c1C(=O)O. The van der Waals surface area contributed by atoms with Gasteiger partial charge in [-0.05, 0) is 29.8 Å². The number of halogens is 6. The van der Waals surface area contributed by atoms with Crippen molar-refractivity contribution in [1.29, 1.82) is 0 Å². The molecule has 14 heteroatoms. The summed E-state index contributed by atoms with van der Waals surface area (Å²) in [6.07, 6.45) is -10.8. The average molecular weight is 466 g/mol. The molecule has 0 spiro atoms. The predicted octanol–water partition coefficient (Wildman–Crippen LogP) is 4.18. The van der Waals surface area contributed by atoms with Gasteiger partial charge in [0.1, 0.15) is 0 Å². The maximum absolute atomic E-state index is 13.2. The molecule has 8 nitrogen and oxygen atoms in total. The first-order chi connectivity index (χ1) is 14.5. The van der Waals surface area contributed by atoms with Gasteiger partial charge in [-0.25, -0.2) is 19.2 Å². The summed E-state index contributed by atoms with van der Waals surface area (Å²) in [4.78, 5) is 46.3. The van der Waals surface area contributed by atoms with E-state index in [2.05, 4.69) is 0 Å². The Bertz CT molecular complexity index is 1080. The molecule has 0 aliphatic heterocycles. The molecule has 0 aromatic heterocycles. The van der Waals surface area contributed by atoms with Crippen molar-refractivity contribution in [3.63, 3.8) is 0 Å². The Morgan fingerprint density at radius 1 is 0.562 bits per heavy atom. The van der Waals surface area contributed by atoms with Crippen LogP contribution in [-0.4, -0.2) is 44.3 Å². The number of carbonyl (C=O) groups is 4. The van der Waals surface area contributed by atoms with E-state index in [0.717, 1.165) is 0 Å². The van der Waals surface area contributed by atoms with Gasteiger partial charge in [0.25, 0.3) is 0 Å². The Kier molecular flexibility index (Phi) is 5.94. The predicted molar refractivity (Wildman–Crippen MR) is 89.7 cm³/mol. The van der Waals surface area contributed by atoms with E-state index in [1.54, 1.807) is 0 Å². The quantitative estimate of drug-likeness (QED) is 0.480. The minimum Gasteiger partial charge on any atom is -0.478 e. The number of alkyl halides is 6. The summed E-state index contributed by atoms with van der Waals surface area (Å²) >= 11 is 0. The summed E-state index contributed by atoms with van der Waals surface area (Å²) in [5.74, 6) is -8.71. The number of benzene rings is 2. The van der Waals surface area contributed by atoms with Crippen LogP contribution in [0.3, 0.4) is 0 Å². The average Bonchev–Trinajstić information content (AvgIpc) is 2.63. The van der Waals surface area contributed by atoms with Crippen molar-refractivity contribution in [1.82, 2.24) is 0 Å². The van der Waals surface area contributed by atoms with Gasteiger partial charge in [-0.1, -0.05) is 0 Å². The highest BCUT2D eigenvalue weighted by Crippen LogP contribution is 2.41. The molecule has 0 unspecified atom stereocenters. The number of carboxylic acids is 4. The lowest BCUT2D eigenvalue weighted by Crippen LogP contribution is -2.19. The molecule has 0 saturated carbocycles. The highest BCUT2D eigenvalue weighted by atomic mass is 19.4. The van der Waals surface area contributed by atoms with Crippen molar-refractivity contribution in [2.75, 3.05) is 0 Å². The molecule has 2 aromatic rings. The van der Waals surface area contributed by atoms with E-state index in [4.69, 9.17) is 0 Å². The number of hydrogen-bond acceptors (Lipinski definition) is 4. The van der Waals surface area contributed by atoms with Crippen molar-refractivity contribution in [3.8, 4) is 11.1 Å². The second-order valence-corrected chi connectivity index (χ2v) is 6.11. The highest BCUT2D eigenvalue weighted by Gasteiger charge is 2.39. The number of rotatable bonds is 5. The van der Waals surface area contributed by atoms with Gasteiger partial charge in [0, 0.05) is 5.56 Å². The van der Waals surface area contributed by atoms with Gasteiger partial charge in [0.15, 0.2) is 0 Å². The Morgan fingerprint density at radius 3 is 1.16 bits per heavy atom. The van der Waals surface area contributed by atoms with E-state index in [1.807, 2.05) is 0 Å². The van der Waals surface area contributed by atoms with E-state index >= 15 is 0 Å². The van der Waals surface area contributed by atoms with Crippen LogP contribution in [-0.2, 0) is 12.4 Å². The molecule has 0 radical (unpaired) electrons. The minimum atomic E-state index is -5.41. The second-order valence-electron chi connectivity index (χ2n) is 6.11. The van der Waals surface area contributed by atoms with Gasteiger partial charge in [0.05, 0.1) is 33.4 Å². The van der Waals surface area contributed by atoms with Gasteiger partial charge < -0.3 is 20.4 Å². The maximum Gasteiger partial charge on any atom is 0.416 e. The summed E-state index contributed by atoms with van der Waals surface area (Å²) in [5.41, 5.74) is -12.4. The molecule has 4 N–H and O–H groups in total. The summed E-state index contributed by atoms with van der Waals surface area (Å²) in [6, 6.07) is -0.273. The standard InChI is InChI=1S/C18H8F6O8/c19-17(20,21)6-1-5(2-7(3-6)18(22,23)24)10-11(15(29)30)8(13(25)26)4-9(14(27)28)12(10)16(31)32/h1-4H,(H,25,26)(H,27,28)(H,29,30)(H,31,32). The largest absolute Gasteiger partial charge is 0.478 e. The van der Waals surface area contributed by atoms with E-state index in [-0.39, 0.29) is 24.3 Å². The zero-order valence-corrected chi connectivity index (χ0v) is 15.0. The molecule has 0 aliphatic rings. The van der Waals surface area contributed by atoms with Gasteiger partial charge in [-0.15, -0.1) is 0 Å². The Balaban J connectivity index is 3.24. The van der Waals surface area contributed by atoms with Crippen LogP contribution in [0.4, 0.5) is 26.3 Å². The van der Waals surface area contributed by atoms with Crippen molar-refractivity contribution in [2.24, 2.45) is 0 Å². The summed E-state index contributed by atoms with van der Waals surface area (Å²) in [6.45, 7) is 0. The zero-order chi connectivity index (χ0) is 24.8. The molecule has 170 valence electrons. The van der Waals surface area contributed by atoms with Crippen molar-refractivity contribution in [3.05, 3.63) is 57.6 Å². The zero-order valence-electron chi connectivity index (χ0n) is 15.0. The third-order valence-electron chi connectivity index (χ3n) is 4.09. The normalized spacial score (nSPS) is 11.8. The van der Waals surface area contributed by atoms with E-state index < -0.39 is 80.7 Å². The number of aromatic carboxylic acids is 4. The van der Waals surface area contributed by atoms with Crippen LogP contribution in [0.5, 0.6) is 0 Å². The molecule has 0 saturated heterocycles. The van der Waals surface area contributed by atoms with E-state index in [1.165, 1.54) is 0 Å². The highest BCUT2D eigenvalue weighted by molar-refractivity contribution is 6.15. The molecule has 0 atom stereocenters. The molecule has 2 rings (SSSR count). The van der Waals surface area contributed by atoms with Crippen LogP contribution < -0.4 is 0 Å². The lowest BCUT2D eigenvalue weighted by molar-refractivity contribution is -0.143. The monoisotopic (exact) mass is 466 g/mol. The molecule has 0 fully saturated rings. The van der Waals surface area contributed by atoms with Crippen LogP contribution in [0.2, 0.25) is 0 Å². The first kappa shape index (κ1) is 24.2. The van der Waals surface area contributed by atoms with Crippen LogP contribution in [0.15, 0.2) is 24.3 Å². The van der Waals surface area contributed by atoms with Gasteiger partial charge in [-0.3, -0.25) is 0 Å². The van der Waals surface area contributed by atoms with E-state index in [0.29, 0.717) is 0 Å². The van der Waals surface area contributed by atoms with E-state index in [9.17, 15) is 65.9 Å². The first-order valence-corrected chi connectivity index (χ1v) is 7.90. The van der Waals surface area contributed by atoms with Crippen LogP contribution in [0, 0.1) is 0 Å². The molecule has 2 aromatic carbocycles. The maximum atomic E-state index is 13.2. The Hall–Kier alpha value is -4.10. The molecular formula is C18H8F6O8. The number of hydrogen-bond donors (Lipinski definition) is 4. The Labute approximate surface area is 171 Å². The molecule has 0 bridgehead atoms. The molecule has 0 aliphatic carbocycles. The van der Waals surface area contributed by atoms with Crippen LogP contribution >= 0.6 is 0 Å². The third-order valence-corrected chi connectivity index (χ3v) is 4.09.